The molecule has 7 atom stereocenters. The average molecular weight is 316 g/mol. The molecule has 0 N–H and O–H groups in total. The van der Waals surface area contributed by atoms with Gasteiger partial charge in [-0.2, -0.15) is 0 Å². The van der Waals surface area contributed by atoms with Gasteiger partial charge in [0, 0.05) is 12.3 Å². The number of carbonyl (C=O) groups is 1. The zero-order valence-electron chi connectivity index (χ0n) is 15.0. The molecule has 0 radical (unpaired) electrons. The van der Waals surface area contributed by atoms with E-state index in [0.29, 0.717) is 5.41 Å². The lowest BCUT2D eigenvalue weighted by atomic mass is 9.46. The van der Waals surface area contributed by atoms with Crippen LogP contribution in [0.25, 0.3) is 0 Å². The summed E-state index contributed by atoms with van der Waals surface area (Å²) in [5.74, 6) is 3.34. The lowest BCUT2D eigenvalue weighted by molar-refractivity contribution is -0.159. The monoisotopic (exact) mass is 316 g/mol. The van der Waals surface area contributed by atoms with Gasteiger partial charge in [-0.15, -0.1) is 0 Å². The Morgan fingerprint density at radius 3 is 2.57 bits per heavy atom. The van der Waals surface area contributed by atoms with Crippen LogP contribution in [0.15, 0.2) is 12.2 Å². The van der Waals surface area contributed by atoms with E-state index in [2.05, 4.69) is 26.0 Å². The molecule has 0 aromatic carbocycles. The van der Waals surface area contributed by atoms with Gasteiger partial charge in [-0.3, -0.25) is 4.79 Å². The summed E-state index contributed by atoms with van der Waals surface area (Å²) < 4.78 is 5.75. The van der Waals surface area contributed by atoms with Crippen LogP contribution >= 0.6 is 0 Å². The standard InChI is InChI=1S/C21H32O2/c1-14(22)23-19-10-9-17-16-8-7-15-6-4-5-12-20(15,2)18(16)11-13-21(17,19)3/h4-5,15-19H,6-13H2,1-3H3/t15-,16+,17-,18-,19+,20+,21+/m1/s1. The number of hydrogen-bond acceptors (Lipinski definition) is 2. The summed E-state index contributed by atoms with van der Waals surface area (Å²) in [7, 11) is 0. The Hall–Kier alpha value is -0.790. The minimum absolute atomic E-state index is 0.0907. The second kappa shape index (κ2) is 5.36. The Labute approximate surface area is 141 Å². The Morgan fingerprint density at radius 2 is 1.78 bits per heavy atom. The molecule has 2 nitrogen and oxygen atoms in total. The predicted molar refractivity (Wildman–Crippen MR) is 91.8 cm³/mol. The quantitative estimate of drug-likeness (QED) is 0.495. The molecule has 4 aliphatic carbocycles. The van der Waals surface area contributed by atoms with E-state index < -0.39 is 0 Å². The summed E-state index contributed by atoms with van der Waals surface area (Å²) in [4.78, 5) is 11.5. The molecular weight excluding hydrogens is 284 g/mol. The van der Waals surface area contributed by atoms with Crippen molar-refractivity contribution in [2.75, 3.05) is 0 Å². The number of esters is 1. The number of rotatable bonds is 1. The minimum atomic E-state index is -0.0907. The fourth-order valence-corrected chi connectivity index (χ4v) is 7.18. The first-order valence-electron chi connectivity index (χ1n) is 9.77. The van der Waals surface area contributed by atoms with Gasteiger partial charge in [-0.1, -0.05) is 26.0 Å². The molecule has 3 saturated carbocycles. The highest BCUT2D eigenvalue weighted by atomic mass is 16.5. The van der Waals surface area contributed by atoms with Crippen LogP contribution in [0, 0.1) is 34.5 Å². The van der Waals surface area contributed by atoms with Gasteiger partial charge in [0.15, 0.2) is 0 Å². The smallest absolute Gasteiger partial charge is 0.302 e. The van der Waals surface area contributed by atoms with Gasteiger partial charge in [0.05, 0.1) is 0 Å². The predicted octanol–water partition coefficient (Wildman–Crippen LogP) is 5.13. The molecule has 0 aromatic heterocycles. The van der Waals surface area contributed by atoms with Crippen molar-refractivity contribution in [1.29, 1.82) is 0 Å². The van der Waals surface area contributed by atoms with E-state index in [9.17, 15) is 4.79 Å². The normalized spacial score (nSPS) is 51.5. The van der Waals surface area contributed by atoms with Crippen molar-refractivity contribution in [1.82, 2.24) is 0 Å². The van der Waals surface area contributed by atoms with Crippen molar-refractivity contribution in [3.63, 3.8) is 0 Å². The number of carbonyl (C=O) groups excluding carboxylic acids is 1. The van der Waals surface area contributed by atoms with Crippen LogP contribution in [-0.4, -0.2) is 12.1 Å². The SMILES string of the molecule is CC(=O)O[C@H]1CC[C@@H]2[C@@H]3CC[C@H]4CC=CC[C@]4(C)[C@@H]3CC[C@]12C. The van der Waals surface area contributed by atoms with Crippen molar-refractivity contribution < 1.29 is 9.53 Å². The molecule has 4 aliphatic rings. The Morgan fingerprint density at radius 1 is 1.00 bits per heavy atom. The maximum absolute atomic E-state index is 11.5. The molecule has 0 heterocycles. The lowest BCUT2D eigenvalue weighted by Gasteiger charge is -2.59. The molecule has 0 amide bonds. The Balaban J connectivity index is 1.60. The number of fused-ring (bicyclic) bond motifs is 5. The van der Waals surface area contributed by atoms with Crippen LogP contribution in [-0.2, 0) is 9.53 Å². The van der Waals surface area contributed by atoms with Gasteiger partial charge >= 0.3 is 5.97 Å². The van der Waals surface area contributed by atoms with Crippen LogP contribution in [0.2, 0.25) is 0 Å². The summed E-state index contributed by atoms with van der Waals surface area (Å²) >= 11 is 0. The molecule has 2 heteroatoms. The Bertz CT molecular complexity index is 524. The highest BCUT2D eigenvalue weighted by molar-refractivity contribution is 5.66. The van der Waals surface area contributed by atoms with E-state index in [1.807, 2.05) is 0 Å². The third-order valence-electron chi connectivity index (χ3n) is 8.43. The average Bonchev–Trinajstić information content (AvgIpc) is 2.83. The maximum Gasteiger partial charge on any atom is 0.302 e. The van der Waals surface area contributed by atoms with Gasteiger partial charge in [0.25, 0.3) is 0 Å². The Kier molecular flexibility index (Phi) is 3.66. The fourth-order valence-electron chi connectivity index (χ4n) is 7.18. The molecule has 23 heavy (non-hydrogen) atoms. The zero-order chi connectivity index (χ0) is 16.2. The molecule has 0 spiro atoms. The van der Waals surface area contributed by atoms with E-state index in [-0.39, 0.29) is 17.5 Å². The molecule has 0 aromatic rings. The van der Waals surface area contributed by atoms with Crippen LogP contribution in [0.3, 0.4) is 0 Å². The van der Waals surface area contributed by atoms with Crippen LogP contribution in [0.4, 0.5) is 0 Å². The van der Waals surface area contributed by atoms with Crippen LogP contribution in [0.5, 0.6) is 0 Å². The first kappa shape index (κ1) is 15.7. The highest BCUT2D eigenvalue weighted by Crippen LogP contribution is 2.65. The van der Waals surface area contributed by atoms with Crippen LogP contribution in [0.1, 0.15) is 72.1 Å². The van der Waals surface area contributed by atoms with Crippen molar-refractivity contribution in [3.05, 3.63) is 12.2 Å². The topological polar surface area (TPSA) is 26.3 Å². The summed E-state index contributed by atoms with van der Waals surface area (Å²) in [5, 5.41) is 0. The largest absolute Gasteiger partial charge is 0.462 e. The molecule has 3 fully saturated rings. The van der Waals surface area contributed by atoms with Crippen molar-refractivity contribution >= 4 is 5.97 Å². The summed E-state index contributed by atoms with van der Waals surface area (Å²) in [6.07, 6.45) is 15.4. The van der Waals surface area contributed by atoms with Crippen molar-refractivity contribution in [3.8, 4) is 0 Å². The van der Waals surface area contributed by atoms with E-state index in [1.54, 1.807) is 6.92 Å². The van der Waals surface area contributed by atoms with Crippen LogP contribution < -0.4 is 0 Å². The van der Waals surface area contributed by atoms with Gasteiger partial charge in [-0.05, 0) is 80.5 Å². The van der Waals surface area contributed by atoms with Crippen molar-refractivity contribution in [2.24, 2.45) is 34.5 Å². The van der Waals surface area contributed by atoms with Gasteiger partial charge in [-0.25, -0.2) is 0 Å². The molecule has 0 aliphatic heterocycles. The summed E-state index contributed by atoms with van der Waals surface area (Å²) in [6.45, 7) is 6.58. The summed E-state index contributed by atoms with van der Waals surface area (Å²) in [6, 6.07) is 0. The van der Waals surface area contributed by atoms with E-state index in [0.717, 1.165) is 30.1 Å². The molecular formula is C21H32O2. The second-order valence-corrected chi connectivity index (χ2v) is 9.29. The lowest BCUT2D eigenvalue weighted by Crippen LogP contribution is -2.53. The fraction of sp³-hybridized carbons (Fsp3) is 0.857. The van der Waals surface area contributed by atoms with E-state index >= 15 is 0 Å². The number of hydrogen-bond donors (Lipinski definition) is 0. The second-order valence-electron chi connectivity index (χ2n) is 9.29. The number of allylic oxidation sites excluding steroid dienone is 2. The maximum atomic E-state index is 11.5. The molecule has 0 bridgehead atoms. The zero-order valence-corrected chi connectivity index (χ0v) is 15.0. The van der Waals surface area contributed by atoms with E-state index in [1.165, 1.54) is 44.9 Å². The van der Waals surface area contributed by atoms with Crippen molar-refractivity contribution in [2.45, 2.75) is 78.2 Å². The van der Waals surface area contributed by atoms with Gasteiger partial charge in [0.2, 0.25) is 0 Å². The first-order chi connectivity index (χ1) is 10.9. The highest BCUT2D eigenvalue weighted by Gasteiger charge is 2.60. The molecule has 0 saturated heterocycles. The van der Waals surface area contributed by atoms with Gasteiger partial charge in [0.1, 0.15) is 6.10 Å². The minimum Gasteiger partial charge on any atom is -0.462 e. The number of ether oxygens (including phenoxy) is 1. The summed E-state index contributed by atoms with van der Waals surface area (Å²) in [5.41, 5.74) is 0.763. The molecule has 0 unspecified atom stereocenters. The van der Waals surface area contributed by atoms with E-state index in [4.69, 9.17) is 4.74 Å². The third kappa shape index (κ3) is 2.23. The molecule has 128 valence electrons. The molecule has 4 rings (SSSR count). The first-order valence-corrected chi connectivity index (χ1v) is 9.77. The van der Waals surface area contributed by atoms with Gasteiger partial charge < -0.3 is 4.74 Å². The third-order valence-corrected chi connectivity index (χ3v) is 8.43.